The van der Waals surface area contributed by atoms with E-state index in [0.717, 1.165) is 50.5 Å². The molecule has 1 aromatic carbocycles. The second-order valence-electron chi connectivity index (χ2n) is 6.90. The number of amides is 2. The normalized spacial score (nSPS) is 21.4. The molecule has 2 saturated heterocycles. The molecular formula is C19H28N4O2S. The number of piperidine rings is 1. The molecule has 142 valence electrons. The SMILES string of the molecule is CNC1CCCN(CC(=O)Nc2cccc(C(=O)N3CCSCC3)c2)C1. The highest BCUT2D eigenvalue weighted by atomic mass is 32.2. The molecule has 1 atom stereocenters. The van der Waals surface area contributed by atoms with Crippen molar-refractivity contribution in [3.8, 4) is 0 Å². The maximum absolute atomic E-state index is 12.6. The van der Waals surface area contributed by atoms with Gasteiger partial charge in [-0.3, -0.25) is 14.5 Å². The van der Waals surface area contributed by atoms with Crippen molar-refractivity contribution >= 4 is 29.3 Å². The van der Waals surface area contributed by atoms with E-state index in [1.54, 1.807) is 6.07 Å². The Morgan fingerprint density at radius 3 is 2.81 bits per heavy atom. The molecule has 1 unspecified atom stereocenters. The fraction of sp³-hybridized carbons (Fsp3) is 0.579. The Morgan fingerprint density at radius 2 is 2.04 bits per heavy atom. The van der Waals surface area contributed by atoms with Crippen LogP contribution in [0.15, 0.2) is 24.3 Å². The smallest absolute Gasteiger partial charge is 0.253 e. The van der Waals surface area contributed by atoms with Crippen LogP contribution >= 0.6 is 11.8 Å². The fourth-order valence-electron chi connectivity index (χ4n) is 3.52. The van der Waals surface area contributed by atoms with Crippen LogP contribution in [0.25, 0.3) is 0 Å². The zero-order valence-corrected chi connectivity index (χ0v) is 16.2. The van der Waals surface area contributed by atoms with Crippen LogP contribution < -0.4 is 10.6 Å². The summed E-state index contributed by atoms with van der Waals surface area (Å²) in [4.78, 5) is 29.1. The molecule has 0 saturated carbocycles. The summed E-state index contributed by atoms with van der Waals surface area (Å²) in [5.41, 5.74) is 1.33. The fourth-order valence-corrected chi connectivity index (χ4v) is 4.42. The van der Waals surface area contributed by atoms with Crippen molar-refractivity contribution < 1.29 is 9.59 Å². The molecule has 3 rings (SSSR count). The first-order valence-electron chi connectivity index (χ1n) is 9.32. The number of hydrogen-bond acceptors (Lipinski definition) is 5. The van der Waals surface area contributed by atoms with Gasteiger partial charge in [-0.2, -0.15) is 11.8 Å². The number of rotatable bonds is 5. The molecule has 0 spiro atoms. The highest BCUT2D eigenvalue weighted by Gasteiger charge is 2.21. The molecule has 7 heteroatoms. The van der Waals surface area contributed by atoms with Gasteiger partial charge in [-0.1, -0.05) is 6.07 Å². The van der Waals surface area contributed by atoms with E-state index in [1.165, 1.54) is 0 Å². The quantitative estimate of drug-likeness (QED) is 0.815. The summed E-state index contributed by atoms with van der Waals surface area (Å²) in [5, 5.41) is 6.24. The highest BCUT2D eigenvalue weighted by Crippen LogP contribution is 2.17. The van der Waals surface area contributed by atoms with Crippen LogP contribution in [0.3, 0.4) is 0 Å². The Labute approximate surface area is 159 Å². The zero-order chi connectivity index (χ0) is 18.4. The van der Waals surface area contributed by atoms with Gasteiger partial charge in [0.05, 0.1) is 6.54 Å². The summed E-state index contributed by atoms with van der Waals surface area (Å²) in [6.45, 7) is 3.83. The van der Waals surface area contributed by atoms with Gasteiger partial charge in [0.2, 0.25) is 5.91 Å². The largest absolute Gasteiger partial charge is 0.337 e. The summed E-state index contributed by atoms with van der Waals surface area (Å²) >= 11 is 1.88. The van der Waals surface area contributed by atoms with Crippen LogP contribution in [0.2, 0.25) is 0 Å². The third kappa shape index (κ3) is 5.22. The standard InChI is InChI=1S/C19H28N4O2S/c1-20-17-6-3-7-22(13-17)14-18(24)21-16-5-2-4-15(12-16)19(25)23-8-10-26-11-9-23/h2,4-5,12,17,20H,3,6-11,13-14H2,1H3,(H,21,24). The first-order chi connectivity index (χ1) is 12.7. The molecule has 1 aromatic rings. The number of carbonyl (C=O) groups excluding carboxylic acids is 2. The minimum atomic E-state index is -0.0271. The van der Waals surface area contributed by atoms with Crippen LogP contribution in [0.4, 0.5) is 5.69 Å². The summed E-state index contributed by atoms with van der Waals surface area (Å²) < 4.78 is 0. The Bertz CT molecular complexity index is 634. The van der Waals surface area contributed by atoms with E-state index in [1.807, 2.05) is 41.9 Å². The monoisotopic (exact) mass is 376 g/mol. The third-order valence-electron chi connectivity index (χ3n) is 4.97. The van der Waals surface area contributed by atoms with Gasteiger partial charge in [0, 0.05) is 48.4 Å². The molecule has 0 aromatic heterocycles. The molecule has 2 aliphatic rings. The molecule has 2 amide bonds. The first-order valence-corrected chi connectivity index (χ1v) is 10.5. The second kappa shape index (κ2) is 9.39. The second-order valence-corrected chi connectivity index (χ2v) is 8.12. The van der Waals surface area contributed by atoms with Gasteiger partial charge in [-0.15, -0.1) is 0 Å². The van der Waals surface area contributed by atoms with Crippen LogP contribution in [0, 0.1) is 0 Å². The van der Waals surface area contributed by atoms with E-state index in [-0.39, 0.29) is 11.8 Å². The van der Waals surface area contributed by atoms with E-state index >= 15 is 0 Å². The van der Waals surface area contributed by atoms with E-state index in [2.05, 4.69) is 15.5 Å². The Hall–Kier alpha value is -1.57. The predicted octanol–water partition coefficient (Wildman–Crippen LogP) is 1.50. The van der Waals surface area contributed by atoms with Gasteiger partial charge in [0.15, 0.2) is 0 Å². The summed E-state index contributed by atoms with van der Waals surface area (Å²) in [6.07, 6.45) is 2.27. The van der Waals surface area contributed by atoms with Crippen molar-refractivity contribution in [1.82, 2.24) is 15.1 Å². The Kier molecular flexibility index (Phi) is 6.93. The molecule has 0 bridgehead atoms. The first kappa shape index (κ1) is 19.2. The lowest BCUT2D eigenvalue weighted by Crippen LogP contribution is -2.46. The lowest BCUT2D eigenvalue weighted by atomic mass is 10.1. The van der Waals surface area contributed by atoms with Gasteiger partial charge in [-0.25, -0.2) is 0 Å². The number of thioether (sulfide) groups is 1. The number of carbonyl (C=O) groups is 2. The van der Waals surface area contributed by atoms with Crippen molar-refractivity contribution in [1.29, 1.82) is 0 Å². The van der Waals surface area contributed by atoms with Crippen LogP contribution in [0.5, 0.6) is 0 Å². The van der Waals surface area contributed by atoms with Crippen molar-refractivity contribution in [2.24, 2.45) is 0 Å². The van der Waals surface area contributed by atoms with Crippen LogP contribution in [0.1, 0.15) is 23.2 Å². The maximum Gasteiger partial charge on any atom is 0.253 e. The maximum atomic E-state index is 12.6. The number of anilines is 1. The van der Waals surface area contributed by atoms with Gasteiger partial charge >= 0.3 is 0 Å². The molecule has 2 N–H and O–H groups in total. The number of likely N-dealkylation sites (N-methyl/N-ethyl adjacent to an activating group) is 1. The minimum absolute atomic E-state index is 0.0271. The molecule has 0 aliphatic carbocycles. The van der Waals surface area contributed by atoms with Crippen LogP contribution in [-0.2, 0) is 4.79 Å². The summed E-state index contributed by atoms with van der Waals surface area (Å²) in [5.74, 6) is 2.01. The molecule has 2 heterocycles. The topological polar surface area (TPSA) is 64.7 Å². The Morgan fingerprint density at radius 1 is 1.23 bits per heavy atom. The van der Waals surface area contributed by atoms with Gasteiger partial charge < -0.3 is 15.5 Å². The predicted molar refractivity (Wildman–Crippen MR) is 107 cm³/mol. The zero-order valence-electron chi connectivity index (χ0n) is 15.4. The number of nitrogens with zero attached hydrogens (tertiary/aromatic N) is 2. The van der Waals surface area contributed by atoms with Crippen molar-refractivity contribution in [2.75, 3.05) is 56.6 Å². The number of benzene rings is 1. The summed E-state index contributed by atoms with van der Waals surface area (Å²) in [6, 6.07) is 7.74. The van der Waals surface area contributed by atoms with E-state index in [9.17, 15) is 9.59 Å². The van der Waals surface area contributed by atoms with E-state index in [0.29, 0.717) is 23.8 Å². The number of hydrogen-bond donors (Lipinski definition) is 2. The lowest BCUT2D eigenvalue weighted by Gasteiger charge is -2.31. The van der Waals surface area contributed by atoms with Gasteiger partial charge in [0.25, 0.3) is 5.91 Å². The molecule has 6 nitrogen and oxygen atoms in total. The van der Waals surface area contributed by atoms with Crippen molar-refractivity contribution in [3.63, 3.8) is 0 Å². The van der Waals surface area contributed by atoms with Gasteiger partial charge in [-0.05, 0) is 44.6 Å². The van der Waals surface area contributed by atoms with Crippen molar-refractivity contribution in [3.05, 3.63) is 29.8 Å². The van der Waals surface area contributed by atoms with Crippen LogP contribution in [-0.4, -0.2) is 78.9 Å². The number of likely N-dealkylation sites (tertiary alicyclic amines) is 1. The molecule has 26 heavy (non-hydrogen) atoms. The van der Waals surface area contributed by atoms with Gasteiger partial charge in [0.1, 0.15) is 0 Å². The lowest BCUT2D eigenvalue weighted by molar-refractivity contribution is -0.117. The molecular weight excluding hydrogens is 348 g/mol. The average Bonchev–Trinajstić information content (AvgIpc) is 2.68. The minimum Gasteiger partial charge on any atom is -0.337 e. The van der Waals surface area contributed by atoms with E-state index in [4.69, 9.17) is 0 Å². The Balaban J connectivity index is 1.56. The summed E-state index contributed by atoms with van der Waals surface area (Å²) in [7, 11) is 1.97. The highest BCUT2D eigenvalue weighted by molar-refractivity contribution is 7.99. The molecule has 0 radical (unpaired) electrons. The number of nitrogens with one attached hydrogen (secondary N) is 2. The average molecular weight is 377 g/mol. The van der Waals surface area contributed by atoms with E-state index < -0.39 is 0 Å². The van der Waals surface area contributed by atoms with Crippen molar-refractivity contribution in [2.45, 2.75) is 18.9 Å². The third-order valence-corrected chi connectivity index (χ3v) is 5.92. The molecule has 2 aliphatic heterocycles. The molecule has 2 fully saturated rings.